The van der Waals surface area contributed by atoms with Crippen molar-refractivity contribution in [1.29, 1.82) is 0 Å². The van der Waals surface area contributed by atoms with Crippen molar-refractivity contribution in [3.63, 3.8) is 0 Å². The Balaban J connectivity index is 2.08. The number of alkyl halides is 3. The van der Waals surface area contributed by atoms with Gasteiger partial charge in [0.25, 0.3) is 0 Å². The van der Waals surface area contributed by atoms with Gasteiger partial charge in [0, 0.05) is 6.04 Å². The maximum Gasteiger partial charge on any atom is 0.393 e. The van der Waals surface area contributed by atoms with Crippen molar-refractivity contribution < 1.29 is 13.2 Å². The summed E-state index contributed by atoms with van der Waals surface area (Å²) in [6, 6.07) is 2.91. The number of anilines is 1. The molecule has 0 bridgehead atoms. The SMILES string of the molecule is FC(F)(F)C1CCCCC1Nc1ccc(Br)nc1. The third kappa shape index (κ3) is 3.37. The van der Waals surface area contributed by atoms with Crippen LogP contribution in [0.1, 0.15) is 25.7 Å². The van der Waals surface area contributed by atoms with E-state index >= 15 is 0 Å². The van der Waals surface area contributed by atoms with Crippen molar-refractivity contribution in [2.45, 2.75) is 37.9 Å². The van der Waals surface area contributed by atoms with E-state index in [1.165, 1.54) is 0 Å². The largest absolute Gasteiger partial charge is 0.393 e. The van der Waals surface area contributed by atoms with E-state index in [1.807, 2.05) is 0 Å². The van der Waals surface area contributed by atoms with E-state index in [2.05, 4.69) is 26.2 Å². The van der Waals surface area contributed by atoms with Crippen LogP contribution in [0.3, 0.4) is 0 Å². The highest BCUT2D eigenvalue weighted by Gasteiger charge is 2.45. The predicted octanol–water partition coefficient (Wildman–Crippen LogP) is 4.38. The average molecular weight is 323 g/mol. The summed E-state index contributed by atoms with van der Waals surface area (Å²) >= 11 is 3.20. The number of aromatic nitrogens is 1. The van der Waals surface area contributed by atoms with Gasteiger partial charge in [0.1, 0.15) is 4.60 Å². The number of nitrogens with one attached hydrogen (secondary N) is 1. The molecule has 0 aromatic carbocycles. The monoisotopic (exact) mass is 322 g/mol. The molecule has 0 radical (unpaired) electrons. The van der Waals surface area contributed by atoms with Gasteiger partial charge in [-0.2, -0.15) is 13.2 Å². The van der Waals surface area contributed by atoms with Crippen molar-refractivity contribution in [1.82, 2.24) is 4.98 Å². The van der Waals surface area contributed by atoms with Gasteiger partial charge in [0.15, 0.2) is 0 Å². The van der Waals surface area contributed by atoms with Crippen LogP contribution in [0.2, 0.25) is 0 Å². The maximum atomic E-state index is 12.9. The van der Waals surface area contributed by atoms with E-state index in [1.54, 1.807) is 18.3 Å². The lowest BCUT2D eigenvalue weighted by Gasteiger charge is -2.34. The van der Waals surface area contributed by atoms with Crippen LogP contribution >= 0.6 is 15.9 Å². The minimum atomic E-state index is -4.12. The number of hydrogen-bond donors (Lipinski definition) is 1. The molecule has 1 N–H and O–H groups in total. The fourth-order valence-electron chi connectivity index (χ4n) is 2.37. The molecule has 1 heterocycles. The number of pyridine rings is 1. The molecule has 0 amide bonds. The molecule has 1 aliphatic rings. The second kappa shape index (κ2) is 5.47. The minimum absolute atomic E-state index is 0.213. The van der Waals surface area contributed by atoms with Gasteiger partial charge < -0.3 is 5.32 Å². The summed E-state index contributed by atoms with van der Waals surface area (Å²) in [6.45, 7) is 0. The molecule has 18 heavy (non-hydrogen) atoms. The second-order valence-electron chi connectivity index (χ2n) is 4.55. The third-order valence-corrected chi connectivity index (χ3v) is 3.73. The fourth-order valence-corrected chi connectivity index (χ4v) is 2.61. The normalized spacial score (nSPS) is 24.9. The summed E-state index contributed by atoms with van der Waals surface area (Å²) in [7, 11) is 0. The quantitative estimate of drug-likeness (QED) is 0.817. The lowest BCUT2D eigenvalue weighted by atomic mass is 9.84. The molecule has 2 unspecified atom stereocenters. The van der Waals surface area contributed by atoms with Crippen LogP contribution in [-0.4, -0.2) is 17.2 Å². The van der Waals surface area contributed by atoms with Crippen molar-refractivity contribution >= 4 is 21.6 Å². The van der Waals surface area contributed by atoms with E-state index in [0.717, 1.165) is 6.42 Å². The van der Waals surface area contributed by atoms with Crippen molar-refractivity contribution in [3.05, 3.63) is 22.9 Å². The zero-order chi connectivity index (χ0) is 13.2. The molecule has 1 saturated carbocycles. The standard InChI is InChI=1S/C12H14BrF3N2/c13-11-6-5-8(7-17-11)18-10-4-2-1-3-9(10)12(14,15)16/h5-7,9-10,18H,1-4H2. The molecule has 2 nitrogen and oxygen atoms in total. The van der Waals surface area contributed by atoms with Crippen LogP contribution in [0, 0.1) is 5.92 Å². The van der Waals surface area contributed by atoms with E-state index in [-0.39, 0.29) is 6.42 Å². The minimum Gasteiger partial charge on any atom is -0.380 e. The van der Waals surface area contributed by atoms with E-state index in [0.29, 0.717) is 23.1 Å². The van der Waals surface area contributed by atoms with Crippen molar-refractivity contribution in [3.8, 4) is 0 Å². The van der Waals surface area contributed by atoms with Crippen LogP contribution in [0.25, 0.3) is 0 Å². The molecule has 0 aliphatic heterocycles. The molecule has 100 valence electrons. The van der Waals surface area contributed by atoms with Gasteiger partial charge in [-0.05, 0) is 40.9 Å². The Morgan fingerprint density at radius 2 is 1.94 bits per heavy atom. The molecular formula is C12H14BrF3N2. The van der Waals surface area contributed by atoms with Crippen molar-refractivity contribution in [2.24, 2.45) is 5.92 Å². The van der Waals surface area contributed by atoms with Crippen LogP contribution in [0.15, 0.2) is 22.9 Å². The van der Waals surface area contributed by atoms with Gasteiger partial charge in [-0.15, -0.1) is 0 Å². The van der Waals surface area contributed by atoms with Gasteiger partial charge >= 0.3 is 6.18 Å². The number of rotatable bonds is 2. The number of nitrogens with zero attached hydrogens (tertiary/aromatic N) is 1. The topological polar surface area (TPSA) is 24.9 Å². The molecule has 6 heteroatoms. The molecule has 0 saturated heterocycles. The van der Waals surface area contributed by atoms with Crippen LogP contribution in [-0.2, 0) is 0 Å². The number of hydrogen-bond acceptors (Lipinski definition) is 2. The molecule has 2 rings (SSSR count). The molecule has 1 aliphatic carbocycles. The Labute approximate surface area is 112 Å². The zero-order valence-corrected chi connectivity index (χ0v) is 11.3. The Morgan fingerprint density at radius 1 is 1.22 bits per heavy atom. The molecular weight excluding hydrogens is 309 g/mol. The highest BCUT2D eigenvalue weighted by molar-refractivity contribution is 9.10. The first-order valence-corrected chi connectivity index (χ1v) is 6.71. The Kier molecular flexibility index (Phi) is 4.14. The maximum absolute atomic E-state index is 12.9. The molecule has 1 fully saturated rings. The lowest BCUT2D eigenvalue weighted by Crippen LogP contribution is -2.41. The average Bonchev–Trinajstić information content (AvgIpc) is 2.31. The molecule has 1 aromatic rings. The van der Waals surface area contributed by atoms with Crippen LogP contribution in [0.4, 0.5) is 18.9 Å². The smallest absolute Gasteiger partial charge is 0.380 e. The molecule has 0 spiro atoms. The van der Waals surface area contributed by atoms with Gasteiger partial charge in [0.05, 0.1) is 17.8 Å². The van der Waals surface area contributed by atoms with Crippen molar-refractivity contribution in [2.75, 3.05) is 5.32 Å². The first kappa shape index (κ1) is 13.6. The first-order valence-electron chi connectivity index (χ1n) is 5.91. The Hall–Kier alpha value is -0.780. The Morgan fingerprint density at radius 3 is 2.56 bits per heavy atom. The highest BCUT2D eigenvalue weighted by Crippen LogP contribution is 2.38. The summed E-state index contributed by atoms with van der Waals surface area (Å²) in [4.78, 5) is 4.00. The van der Waals surface area contributed by atoms with E-state index in [4.69, 9.17) is 0 Å². The molecule has 2 atom stereocenters. The van der Waals surface area contributed by atoms with Crippen LogP contribution < -0.4 is 5.32 Å². The first-order chi connectivity index (χ1) is 8.47. The third-order valence-electron chi connectivity index (χ3n) is 3.27. The fraction of sp³-hybridized carbons (Fsp3) is 0.583. The summed E-state index contributed by atoms with van der Waals surface area (Å²) < 4.78 is 39.4. The van der Waals surface area contributed by atoms with Gasteiger partial charge in [-0.25, -0.2) is 4.98 Å². The van der Waals surface area contributed by atoms with Gasteiger partial charge in [-0.3, -0.25) is 0 Å². The summed E-state index contributed by atoms with van der Waals surface area (Å²) in [5, 5.41) is 2.96. The van der Waals surface area contributed by atoms with E-state index < -0.39 is 18.1 Å². The molecule has 1 aromatic heterocycles. The second-order valence-corrected chi connectivity index (χ2v) is 5.37. The summed E-state index contributed by atoms with van der Waals surface area (Å²) in [5.74, 6) is -1.25. The zero-order valence-electron chi connectivity index (χ0n) is 9.67. The summed E-state index contributed by atoms with van der Waals surface area (Å²) in [6.07, 6.45) is -0.312. The number of halogens is 4. The van der Waals surface area contributed by atoms with Gasteiger partial charge in [-0.1, -0.05) is 12.8 Å². The lowest BCUT2D eigenvalue weighted by molar-refractivity contribution is -0.184. The predicted molar refractivity (Wildman–Crippen MR) is 67.4 cm³/mol. The van der Waals surface area contributed by atoms with Crippen LogP contribution in [0.5, 0.6) is 0 Å². The van der Waals surface area contributed by atoms with Gasteiger partial charge in [0.2, 0.25) is 0 Å². The Bertz CT molecular complexity index is 391. The van der Waals surface area contributed by atoms with E-state index in [9.17, 15) is 13.2 Å². The highest BCUT2D eigenvalue weighted by atomic mass is 79.9. The summed E-state index contributed by atoms with van der Waals surface area (Å²) in [5.41, 5.74) is 0.638.